The predicted octanol–water partition coefficient (Wildman–Crippen LogP) is 7.29. The van der Waals surface area contributed by atoms with Gasteiger partial charge in [0.2, 0.25) is 0 Å². The lowest BCUT2D eigenvalue weighted by Crippen LogP contribution is -2.22. The van der Waals surface area contributed by atoms with E-state index in [0.717, 1.165) is 12.5 Å². The molecule has 0 radical (unpaired) electrons. The van der Waals surface area contributed by atoms with Gasteiger partial charge in [-0.05, 0) is 69.2 Å². The van der Waals surface area contributed by atoms with Gasteiger partial charge in [0.1, 0.15) is 6.26 Å². The topological polar surface area (TPSA) is 535 Å². The van der Waals surface area contributed by atoms with Gasteiger partial charge < -0.3 is 13.7 Å². The first kappa shape index (κ1) is 122. The highest BCUT2D eigenvalue weighted by atomic mass is 32.3. The van der Waals surface area contributed by atoms with Gasteiger partial charge in [-0.3, -0.25) is 26.9 Å². The second kappa shape index (κ2) is 49.2. The summed E-state index contributed by atoms with van der Waals surface area (Å²) >= 11 is 0. The minimum atomic E-state index is -6.09. The van der Waals surface area contributed by atoms with E-state index in [1.165, 1.54) is 23.0 Å². The van der Waals surface area contributed by atoms with E-state index in [1.54, 1.807) is 41.5 Å². The summed E-state index contributed by atoms with van der Waals surface area (Å²) in [5, 5.41) is 0. The van der Waals surface area contributed by atoms with Crippen LogP contribution >= 0.6 is 0 Å². The summed E-state index contributed by atoms with van der Waals surface area (Å²) < 4.78 is 387. The maximum atomic E-state index is 10.7. The van der Waals surface area contributed by atoms with Crippen molar-refractivity contribution in [2.24, 2.45) is 0 Å². The molecule has 30 nitrogen and oxygen atoms in total. The van der Waals surface area contributed by atoms with Crippen LogP contribution in [-0.2, 0) is 110 Å². The Morgan fingerprint density at radius 2 is 0.471 bits per heavy atom. The summed E-state index contributed by atoms with van der Waals surface area (Å²) in [7, 11) is -45.1. The van der Waals surface area contributed by atoms with Crippen molar-refractivity contribution in [3.63, 3.8) is 0 Å². The standard InChI is InChI=1S/2C5H12O3S.2C4H9.2C4H8.4CHF3O3S.4CH4O3S.CH4/c2*1-5(2,3)8-9(4,6)7;4*1-4(2)3;4*2-1(3,4)8(5,6)7;4*1-5(2,3)4;/h2*1-4H3;2*1-3H3;2*1H2,2-3H3;4*(H,5,6,7);4*1H3,(H,2,3,4);1H4/q;;2*+1;;;;;;;;;;;/p-2. The zero-order chi connectivity index (χ0) is 75.7. The molecule has 1 unspecified atom stereocenters. The van der Waals surface area contributed by atoms with Crippen molar-refractivity contribution >= 4 is 101 Å². The molecular weight excluding hydrogens is 1450 g/mol. The first-order valence-corrected chi connectivity index (χ1v) is 36.5. The Labute approximate surface area is 505 Å². The summed E-state index contributed by atoms with van der Waals surface area (Å²) in [5.74, 6) is 2.83. The van der Waals surface area contributed by atoms with Crippen molar-refractivity contribution in [1.29, 1.82) is 0 Å². The highest BCUT2D eigenvalue weighted by Gasteiger charge is 2.45. The van der Waals surface area contributed by atoms with Crippen molar-refractivity contribution in [3.8, 4) is 0 Å². The summed E-state index contributed by atoms with van der Waals surface area (Å²) in [6.07, 6.45) is 4.94. The molecule has 1 atom stereocenters. The molecular formula is C35H80F12O30S10. The van der Waals surface area contributed by atoms with E-state index in [2.05, 4.69) is 58.9 Å². The van der Waals surface area contributed by atoms with Crippen molar-refractivity contribution in [2.45, 2.75) is 151 Å². The Bertz CT molecular complexity index is 2600. The van der Waals surface area contributed by atoms with Crippen LogP contribution in [0.3, 0.4) is 0 Å². The lowest BCUT2D eigenvalue weighted by Gasteiger charge is -2.16. The van der Waals surface area contributed by atoms with Gasteiger partial charge in [-0.15, -0.1) is 13.2 Å². The molecule has 0 heterocycles. The van der Waals surface area contributed by atoms with Crippen LogP contribution in [0, 0.1) is 11.8 Å². The summed E-state index contributed by atoms with van der Waals surface area (Å²) in [6, 6.07) is 0. The zero-order valence-electron chi connectivity index (χ0n) is 49.5. The van der Waals surface area contributed by atoms with E-state index in [9.17, 15) is 90.6 Å². The van der Waals surface area contributed by atoms with Gasteiger partial charge in [0.05, 0.1) is 99.7 Å². The van der Waals surface area contributed by atoms with E-state index in [1.807, 2.05) is 27.7 Å². The maximum Gasteiger partial charge on any atom is 0.522 e. The average Bonchev–Trinajstić information content (AvgIpc) is 2.94. The van der Waals surface area contributed by atoms with Gasteiger partial charge >= 0.3 is 52.4 Å². The van der Waals surface area contributed by atoms with Crippen LogP contribution in [0.4, 0.5) is 52.7 Å². The largest absolute Gasteiger partial charge is 0.748 e. The quantitative estimate of drug-likeness (QED) is 0.0344. The Balaban J connectivity index is -0.0000000498. The van der Waals surface area contributed by atoms with Crippen molar-refractivity contribution in [1.82, 2.24) is 0 Å². The Kier molecular flexibility index (Phi) is 68.9. The number of hydrogen-bond acceptors (Lipinski definition) is 24. The van der Waals surface area contributed by atoms with Crippen molar-refractivity contribution < 1.29 is 182 Å². The molecule has 0 aromatic heterocycles. The molecule has 87 heavy (non-hydrogen) atoms. The van der Waals surface area contributed by atoms with Crippen LogP contribution in [0.5, 0.6) is 0 Å². The minimum absolute atomic E-state index is 0. The van der Waals surface area contributed by atoms with E-state index in [4.69, 9.17) is 86.9 Å². The maximum absolute atomic E-state index is 10.7. The van der Waals surface area contributed by atoms with Gasteiger partial charge in [-0.25, -0.2) is 33.6 Å². The number of hydrogen-bond donors (Lipinski definition) is 5. The lowest BCUT2D eigenvalue weighted by atomic mass is 10.2. The zero-order valence-corrected chi connectivity index (χ0v) is 57.7. The highest BCUT2D eigenvalue weighted by Crippen LogP contribution is 2.22. The monoisotopic (exact) mass is 1530 g/mol. The van der Waals surface area contributed by atoms with Crippen LogP contribution in [0.1, 0.15) is 118 Å². The summed E-state index contributed by atoms with van der Waals surface area (Å²) in [4.78, 5) is 0. The second-order valence-electron chi connectivity index (χ2n) is 17.8. The molecule has 0 saturated carbocycles. The fraction of sp³-hybridized carbons (Fsp3) is 0.829. The smallest absolute Gasteiger partial charge is 0.522 e. The second-order valence-corrected chi connectivity index (χ2v) is 32.4. The van der Waals surface area contributed by atoms with E-state index in [0.29, 0.717) is 25.0 Å². The van der Waals surface area contributed by atoms with E-state index in [-0.39, 0.29) is 7.43 Å². The summed E-state index contributed by atoms with van der Waals surface area (Å²) in [6.45, 7) is 37.8. The number of alkyl halides is 12. The molecule has 0 saturated heterocycles. The molecule has 52 heteroatoms. The molecule has 0 amide bonds. The molecule has 0 aliphatic carbocycles. The van der Waals surface area contributed by atoms with Gasteiger partial charge in [0.25, 0.3) is 40.5 Å². The molecule has 0 spiro atoms. The Morgan fingerprint density at radius 1 is 0.391 bits per heavy atom. The first-order valence-electron chi connectivity index (χ1n) is 19.7. The third-order valence-corrected chi connectivity index (χ3v) is 5.87. The molecule has 0 fully saturated rings. The molecule has 0 aliphatic rings. The normalized spacial score (nSPS) is 12.4. The van der Waals surface area contributed by atoms with Crippen molar-refractivity contribution in [3.05, 3.63) is 36.1 Å². The van der Waals surface area contributed by atoms with E-state index < -0.39 is 134 Å². The molecule has 0 aliphatic heterocycles. The minimum Gasteiger partial charge on any atom is -0.748 e. The fourth-order valence-corrected chi connectivity index (χ4v) is 2.75. The van der Waals surface area contributed by atoms with Crippen LogP contribution in [0.25, 0.3) is 0 Å². The highest BCUT2D eigenvalue weighted by molar-refractivity contribution is 7.88. The third kappa shape index (κ3) is 268. The molecule has 0 bridgehead atoms. The van der Waals surface area contributed by atoms with Crippen LogP contribution in [0.15, 0.2) is 24.3 Å². The van der Waals surface area contributed by atoms with Crippen LogP contribution < -0.4 is 0 Å². The van der Waals surface area contributed by atoms with Crippen molar-refractivity contribution in [2.75, 3.05) is 37.5 Å². The number of allylic oxidation sites excluding steroid dienone is 2. The fourth-order valence-electron chi connectivity index (χ4n) is 0.918. The van der Waals surface area contributed by atoms with Gasteiger partial charge in [0.15, 0.2) is 20.2 Å². The van der Waals surface area contributed by atoms with Gasteiger partial charge in [-0.2, -0.15) is 107 Å². The first-order chi connectivity index (χ1) is 35.3. The lowest BCUT2D eigenvalue weighted by molar-refractivity contribution is -0.0522. The molecule has 6 N–H and O–H groups in total. The molecule has 0 aromatic rings. The Morgan fingerprint density at radius 3 is 0.471 bits per heavy atom. The SMILES string of the molecule is C.C=C(C)C.C=C(C)C.CC(C)(C)OS(C)(=O)=O.CC(C)(C)OS(C)(=O)=[OH+].CS(=O)(=O)O.CS(=O)(=O)O.CS(=O)(=O)O.CS(=O)(=O)[O-].C[C+](C)C.C[C+](C)C.O=S(=O)(O)C(F)(F)F.O=S(=O)(O)C(F)(F)F.O=S(=O)([O-])C(F)(F)F.O=S(=O)([O-])C(F)(F)F. The predicted molar refractivity (Wildman–Crippen MR) is 296 cm³/mol. The van der Waals surface area contributed by atoms with E-state index >= 15 is 0 Å². The third-order valence-electron chi connectivity index (χ3n) is 1.96. The van der Waals surface area contributed by atoms with Gasteiger partial charge in [-0.1, -0.05) is 18.6 Å². The van der Waals surface area contributed by atoms with Gasteiger partial charge in [0, 0.05) is 6.26 Å². The summed E-state index contributed by atoms with van der Waals surface area (Å²) in [5.41, 5.74) is -21.2. The molecule has 0 rings (SSSR count). The number of rotatable bonds is 2. The van der Waals surface area contributed by atoms with Crippen LogP contribution in [0.2, 0.25) is 0 Å². The Hall–Kier alpha value is -2.52. The van der Waals surface area contributed by atoms with Crippen LogP contribution in [-0.4, -0.2) is 191 Å². The molecule has 0 aromatic carbocycles. The molecule has 544 valence electrons. The number of halogens is 12. The average molecular weight is 1530 g/mol.